The van der Waals surface area contributed by atoms with Gasteiger partial charge in [0, 0.05) is 27.7 Å². The van der Waals surface area contributed by atoms with Crippen LogP contribution in [0.25, 0.3) is 0 Å². The van der Waals surface area contributed by atoms with Crippen LogP contribution in [0.5, 0.6) is 0 Å². The van der Waals surface area contributed by atoms with Gasteiger partial charge < -0.3 is 11.1 Å². The van der Waals surface area contributed by atoms with Crippen LogP contribution >= 0.6 is 15.9 Å². The Morgan fingerprint density at radius 2 is 1.76 bits per heavy atom. The van der Waals surface area contributed by atoms with E-state index < -0.39 is 9.84 Å². The van der Waals surface area contributed by atoms with Gasteiger partial charge in [-0.25, -0.2) is 8.42 Å². The maximum Gasteiger partial charge on any atom is 0.255 e. The van der Waals surface area contributed by atoms with Crippen LogP contribution in [0.15, 0.2) is 51.8 Å². The zero-order chi connectivity index (χ0) is 15.6. The van der Waals surface area contributed by atoms with Crippen molar-refractivity contribution in [3.8, 4) is 0 Å². The summed E-state index contributed by atoms with van der Waals surface area (Å²) in [6, 6.07) is 10.8. The molecule has 0 bridgehead atoms. The fourth-order valence-corrected chi connectivity index (χ4v) is 2.56. The van der Waals surface area contributed by atoms with Crippen molar-refractivity contribution in [1.82, 2.24) is 0 Å². The van der Waals surface area contributed by atoms with Crippen molar-refractivity contribution >= 4 is 43.0 Å². The van der Waals surface area contributed by atoms with E-state index in [9.17, 15) is 13.2 Å². The van der Waals surface area contributed by atoms with Crippen molar-refractivity contribution in [3.63, 3.8) is 0 Å². The second kappa shape index (κ2) is 5.87. The third-order valence-electron chi connectivity index (χ3n) is 2.80. The summed E-state index contributed by atoms with van der Waals surface area (Å²) in [4.78, 5) is 12.2. The van der Waals surface area contributed by atoms with E-state index in [4.69, 9.17) is 5.73 Å². The Balaban J connectivity index is 2.18. The minimum atomic E-state index is -3.27. The van der Waals surface area contributed by atoms with Crippen LogP contribution in [0.3, 0.4) is 0 Å². The molecule has 5 nitrogen and oxygen atoms in total. The number of hydrogen-bond acceptors (Lipinski definition) is 4. The van der Waals surface area contributed by atoms with Crippen molar-refractivity contribution in [3.05, 3.63) is 52.5 Å². The molecule has 2 rings (SSSR count). The molecule has 0 aliphatic rings. The van der Waals surface area contributed by atoms with E-state index in [0.29, 0.717) is 16.9 Å². The first-order valence-electron chi connectivity index (χ1n) is 5.94. The first-order chi connectivity index (χ1) is 9.77. The van der Waals surface area contributed by atoms with E-state index in [1.807, 2.05) is 0 Å². The van der Waals surface area contributed by atoms with Crippen LogP contribution in [-0.4, -0.2) is 20.6 Å². The average Bonchev–Trinajstić information content (AvgIpc) is 2.42. The maximum atomic E-state index is 12.1. The van der Waals surface area contributed by atoms with E-state index in [1.165, 1.54) is 24.3 Å². The van der Waals surface area contributed by atoms with Gasteiger partial charge in [-0.3, -0.25) is 4.79 Å². The van der Waals surface area contributed by atoms with Crippen molar-refractivity contribution in [2.75, 3.05) is 17.3 Å². The molecule has 0 aliphatic heterocycles. The van der Waals surface area contributed by atoms with Crippen LogP contribution in [0.1, 0.15) is 10.4 Å². The predicted molar refractivity (Wildman–Crippen MR) is 86.1 cm³/mol. The van der Waals surface area contributed by atoms with E-state index in [-0.39, 0.29) is 10.8 Å². The van der Waals surface area contributed by atoms with Crippen LogP contribution in [-0.2, 0) is 9.84 Å². The fraction of sp³-hybridized carbons (Fsp3) is 0.0714. The van der Waals surface area contributed by atoms with Gasteiger partial charge in [-0.2, -0.15) is 0 Å². The largest absolute Gasteiger partial charge is 0.398 e. The Morgan fingerprint density at radius 1 is 1.14 bits per heavy atom. The average molecular weight is 369 g/mol. The molecule has 0 heterocycles. The Labute approximate surface area is 131 Å². The summed E-state index contributed by atoms with van der Waals surface area (Å²) < 4.78 is 23.5. The lowest BCUT2D eigenvalue weighted by Crippen LogP contribution is -2.12. The number of benzene rings is 2. The second-order valence-corrected chi connectivity index (χ2v) is 7.36. The normalized spacial score (nSPS) is 11.1. The molecule has 110 valence electrons. The molecule has 7 heteroatoms. The van der Waals surface area contributed by atoms with Gasteiger partial charge in [0.25, 0.3) is 5.91 Å². The summed E-state index contributed by atoms with van der Waals surface area (Å²) in [6.07, 6.45) is 1.12. The molecule has 2 aromatic carbocycles. The summed E-state index contributed by atoms with van der Waals surface area (Å²) >= 11 is 3.27. The summed E-state index contributed by atoms with van der Waals surface area (Å²) in [5, 5.41) is 2.70. The monoisotopic (exact) mass is 368 g/mol. The van der Waals surface area contributed by atoms with Crippen molar-refractivity contribution in [1.29, 1.82) is 0 Å². The molecule has 3 N–H and O–H groups in total. The van der Waals surface area contributed by atoms with Gasteiger partial charge in [-0.1, -0.05) is 0 Å². The van der Waals surface area contributed by atoms with Crippen molar-refractivity contribution in [2.24, 2.45) is 0 Å². The van der Waals surface area contributed by atoms with Gasteiger partial charge in [0.15, 0.2) is 9.84 Å². The van der Waals surface area contributed by atoms with Gasteiger partial charge in [0.05, 0.1) is 4.90 Å². The third-order valence-corrected chi connectivity index (χ3v) is 4.65. The van der Waals surface area contributed by atoms with Crippen LogP contribution in [0.2, 0.25) is 0 Å². The summed E-state index contributed by atoms with van der Waals surface area (Å²) in [5.74, 6) is -0.336. The fourth-order valence-electron chi connectivity index (χ4n) is 1.68. The minimum absolute atomic E-state index is 0.173. The zero-order valence-electron chi connectivity index (χ0n) is 11.1. The number of halogens is 1. The molecule has 0 saturated carbocycles. The number of nitrogens with one attached hydrogen (secondary N) is 1. The van der Waals surface area contributed by atoms with Crippen LogP contribution in [0.4, 0.5) is 11.4 Å². The van der Waals surface area contributed by atoms with E-state index in [1.54, 1.807) is 18.2 Å². The van der Waals surface area contributed by atoms with Crippen molar-refractivity contribution in [2.45, 2.75) is 4.90 Å². The maximum absolute atomic E-state index is 12.1. The Kier molecular flexibility index (Phi) is 4.34. The van der Waals surface area contributed by atoms with Crippen LogP contribution < -0.4 is 11.1 Å². The molecule has 0 aromatic heterocycles. The van der Waals surface area contributed by atoms with E-state index >= 15 is 0 Å². The van der Waals surface area contributed by atoms with E-state index in [0.717, 1.165) is 10.7 Å². The number of rotatable bonds is 3. The second-order valence-electron chi connectivity index (χ2n) is 4.49. The Bertz CT molecular complexity index is 786. The van der Waals surface area contributed by atoms with E-state index in [2.05, 4.69) is 21.2 Å². The quantitative estimate of drug-likeness (QED) is 0.815. The minimum Gasteiger partial charge on any atom is -0.398 e. The van der Waals surface area contributed by atoms with Crippen molar-refractivity contribution < 1.29 is 13.2 Å². The first-order valence-corrected chi connectivity index (χ1v) is 8.62. The Morgan fingerprint density at radius 3 is 2.29 bits per heavy atom. The van der Waals surface area contributed by atoms with Gasteiger partial charge in [0.2, 0.25) is 0 Å². The highest BCUT2D eigenvalue weighted by Crippen LogP contribution is 2.23. The number of nitrogen functional groups attached to an aromatic ring is 1. The molecule has 21 heavy (non-hydrogen) atoms. The number of carbonyl (C=O) groups excluding carboxylic acids is 1. The number of nitrogens with two attached hydrogens (primary N) is 1. The number of anilines is 2. The Hall–Kier alpha value is -1.86. The number of carbonyl (C=O) groups is 1. The summed E-state index contributed by atoms with van der Waals surface area (Å²) in [6.45, 7) is 0. The highest BCUT2D eigenvalue weighted by atomic mass is 79.9. The van der Waals surface area contributed by atoms with Crippen LogP contribution in [0, 0.1) is 0 Å². The van der Waals surface area contributed by atoms with Gasteiger partial charge in [-0.15, -0.1) is 0 Å². The predicted octanol–water partition coefficient (Wildman–Crippen LogP) is 2.69. The third kappa shape index (κ3) is 3.83. The molecular formula is C14H13BrN2O3S. The first kappa shape index (κ1) is 15.5. The SMILES string of the molecule is CS(=O)(=O)c1ccc(C(=O)Nc2ccc(Br)c(N)c2)cc1. The highest BCUT2D eigenvalue weighted by molar-refractivity contribution is 9.10. The molecule has 0 radical (unpaired) electrons. The molecule has 0 aliphatic carbocycles. The molecule has 0 saturated heterocycles. The number of amides is 1. The lowest BCUT2D eigenvalue weighted by atomic mass is 10.2. The molecule has 0 fully saturated rings. The molecule has 0 spiro atoms. The number of sulfone groups is 1. The smallest absolute Gasteiger partial charge is 0.255 e. The lowest BCUT2D eigenvalue weighted by molar-refractivity contribution is 0.102. The highest BCUT2D eigenvalue weighted by Gasteiger charge is 2.10. The van der Waals surface area contributed by atoms with Gasteiger partial charge >= 0.3 is 0 Å². The molecule has 0 atom stereocenters. The molecular weight excluding hydrogens is 356 g/mol. The summed E-state index contributed by atoms with van der Waals surface area (Å²) in [5.41, 5.74) is 7.18. The molecule has 1 amide bonds. The zero-order valence-corrected chi connectivity index (χ0v) is 13.5. The lowest BCUT2D eigenvalue weighted by Gasteiger charge is -2.07. The number of hydrogen-bond donors (Lipinski definition) is 2. The van der Waals surface area contributed by atoms with Gasteiger partial charge in [-0.05, 0) is 58.4 Å². The van der Waals surface area contributed by atoms with Gasteiger partial charge in [0.1, 0.15) is 0 Å². The molecule has 0 unspecified atom stereocenters. The standard InChI is InChI=1S/C14H13BrN2O3S/c1-21(19,20)11-5-2-9(3-6-11)14(18)17-10-4-7-12(15)13(16)8-10/h2-8H,16H2,1H3,(H,17,18). The molecule has 2 aromatic rings. The summed E-state index contributed by atoms with van der Waals surface area (Å²) in [7, 11) is -3.27. The topological polar surface area (TPSA) is 89.3 Å².